The second-order valence-corrected chi connectivity index (χ2v) is 9.07. The minimum absolute atomic E-state index is 0.0532. The number of para-hydroxylation sites is 1. The molecule has 4 rings (SSSR count). The molecule has 2 aromatic carbocycles. The molecule has 1 aliphatic rings. The molecule has 3 aromatic rings. The number of halogens is 1. The standard InChI is InChI=1S/C26H30ClN3O3/c1-18(2)25(31)30(16-20-12-9-15-32-20)17-21-24(19-10-5-4-6-11-19)28-29(3)26(21)33-23-14-8-7-13-22(23)27/h4-8,10-11,13-14,18,20H,9,12,15-17H2,1-3H3/t20-/m0/s1. The minimum atomic E-state index is -0.129. The molecule has 1 amide bonds. The van der Waals surface area contributed by atoms with E-state index in [1.54, 1.807) is 10.7 Å². The monoisotopic (exact) mass is 467 g/mol. The van der Waals surface area contributed by atoms with Crippen LogP contribution in [-0.4, -0.2) is 39.8 Å². The molecule has 174 valence electrons. The molecule has 0 radical (unpaired) electrons. The number of hydrogen-bond acceptors (Lipinski definition) is 4. The number of rotatable bonds is 8. The summed E-state index contributed by atoms with van der Waals surface area (Å²) in [5, 5.41) is 5.29. The van der Waals surface area contributed by atoms with Gasteiger partial charge in [0.25, 0.3) is 0 Å². The maximum absolute atomic E-state index is 13.2. The van der Waals surface area contributed by atoms with Crippen LogP contribution in [0.15, 0.2) is 54.6 Å². The van der Waals surface area contributed by atoms with E-state index >= 15 is 0 Å². The van der Waals surface area contributed by atoms with Crippen LogP contribution in [0.5, 0.6) is 11.6 Å². The second kappa shape index (κ2) is 10.4. The van der Waals surface area contributed by atoms with Gasteiger partial charge in [-0.2, -0.15) is 5.10 Å². The molecule has 33 heavy (non-hydrogen) atoms. The van der Waals surface area contributed by atoms with E-state index in [1.807, 2.05) is 74.3 Å². The molecular formula is C26H30ClN3O3. The molecule has 0 saturated carbocycles. The van der Waals surface area contributed by atoms with E-state index in [0.717, 1.165) is 36.3 Å². The zero-order chi connectivity index (χ0) is 23.4. The molecule has 1 saturated heterocycles. The summed E-state index contributed by atoms with van der Waals surface area (Å²) in [5.74, 6) is 1.06. The van der Waals surface area contributed by atoms with Crippen molar-refractivity contribution in [3.63, 3.8) is 0 Å². The van der Waals surface area contributed by atoms with Crippen LogP contribution >= 0.6 is 11.6 Å². The fourth-order valence-corrected chi connectivity index (χ4v) is 4.28. The van der Waals surface area contributed by atoms with Crippen molar-refractivity contribution in [2.24, 2.45) is 13.0 Å². The molecule has 7 heteroatoms. The van der Waals surface area contributed by atoms with Crippen LogP contribution in [0.25, 0.3) is 11.3 Å². The smallest absolute Gasteiger partial charge is 0.225 e. The molecule has 1 fully saturated rings. The number of aromatic nitrogens is 2. The van der Waals surface area contributed by atoms with Gasteiger partial charge in [0.05, 0.1) is 23.2 Å². The van der Waals surface area contributed by atoms with Crippen molar-refractivity contribution in [1.29, 1.82) is 0 Å². The van der Waals surface area contributed by atoms with E-state index in [1.165, 1.54) is 0 Å². The molecule has 0 bridgehead atoms. The third-order valence-corrected chi connectivity index (χ3v) is 6.09. The normalized spacial score (nSPS) is 15.7. The first-order valence-corrected chi connectivity index (χ1v) is 11.8. The zero-order valence-electron chi connectivity index (χ0n) is 19.3. The predicted octanol–water partition coefficient (Wildman–Crippen LogP) is 5.70. The Morgan fingerprint density at radius 1 is 1.21 bits per heavy atom. The van der Waals surface area contributed by atoms with Crippen molar-refractivity contribution < 1.29 is 14.3 Å². The quantitative estimate of drug-likeness (QED) is 0.426. The number of carbonyl (C=O) groups excluding carboxylic acids is 1. The molecule has 6 nitrogen and oxygen atoms in total. The highest BCUT2D eigenvalue weighted by Gasteiger charge is 2.28. The highest BCUT2D eigenvalue weighted by atomic mass is 35.5. The van der Waals surface area contributed by atoms with Crippen molar-refractivity contribution in [3.05, 3.63) is 65.2 Å². The minimum Gasteiger partial charge on any atom is -0.437 e. The maximum Gasteiger partial charge on any atom is 0.225 e. The average Bonchev–Trinajstić information content (AvgIpc) is 3.43. The van der Waals surface area contributed by atoms with E-state index in [4.69, 9.17) is 26.2 Å². The molecule has 0 N–H and O–H groups in total. The van der Waals surface area contributed by atoms with Crippen molar-refractivity contribution in [3.8, 4) is 22.9 Å². The van der Waals surface area contributed by atoms with E-state index in [-0.39, 0.29) is 17.9 Å². The number of amides is 1. The lowest BCUT2D eigenvalue weighted by molar-refractivity contribution is -0.136. The maximum atomic E-state index is 13.2. The Balaban J connectivity index is 1.75. The van der Waals surface area contributed by atoms with Gasteiger partial charge in [-0.05, 0) is 25.0 Å². The van der Waals surface area contributed by atoms with E-state index < -0.39 is 0 Å². The van der Waals surface area contributed by atoms with Gasteiger partial charge in [-0.3, -0.25) is 4.79 Å². The van der Waals surface area contributed by atoms with E-state index in [0.29, 0.717) is 29.7 Å². The summed E-state index contributed by atoms with van der Waals surface area (Å²) < 4.78 is 13.8. The van der Waals surface area contributed by atoms with Gasteiger partial charge < -0.3 is 14.4 Å². The van der Waals surface area contributed by atoms with Crippen LogP contribution in [0.2, 0.25) is 5.02 Å². The second-order valence-electron chi connectivity index (χ2n) is 8.66. The van der Waals surface area contributed by atoms with Gasteiger partial charge in [-0.15, -0.1) is 0 Å². The predicted molar refractivity (Wildman–Crippen MR) is 129 cm³/mol. The average molecular weight is 468 g/mol. The Morgan fingerprint density at radius 2 is 1.94 bits per heavy atom. The third-order valence-electron chi connectivity index (χ3n) is 5.78. The first kappa shape index (κ1) is 23.3. The fourth-order valence-electron chi connectivity index (χ4n) is 4.10. The Bertz CT molecular complexity index is 1090. The summed E-state index contributed by atoms with van der Waals surface area (Å²) in [5.41, 5.74) is 2.59. The Morgan fingerprint density at radius 3 is 2.61 bits per heavy atom. The van der Waals surface area contributed by atoms with Gasteiger partial charge in [-0.25, -0.2) is 4.68 Å². The molecule has 0 spiro atoms. The lowest BCUT2D eigenvalue weighted by Gasteiger charge is -2.27. The van der Waals surface area contributed by atoms with Crippen LogP contribution in [0.4, 0.5) is 0 Å². The first-order chi connectivity index (χ1) is 15.9. The van der Waals surface area contributed by atoms with Gasteiger partial charge in [0.1, 0.15) is 11.4 Å². The molecule has 1 atom stereocenters. The summed E-state index contributed by atoms with van der Waals surface area (Å²) in [4.78, 5) is 15.1. The van der Waals surface area contributed by atoms with Crippen LogP contribution in [-0.2, 0) is 23.1 Å². The number of ether oxygens (including phenoxy) is 2. The molecule has 1 aromatic heterocycles. The van der Waals surface area contributed by atoms with E-state index in [9.17, 15) is 4.79 Å². The summed E-state index contributed by atoms with van der Waals surface area (Å²) in [6, 6.07) is 17.3. The number of benzene rings is 2. The first-order valence-electron chi connectivity index (χ1n) is 11.4. The van der Waals surface area contributed by atoms with Crippen LogP contribution in [0, 0.1) is 5.92 Å². The Kier molecular flexibility index (Phi) is 7.36. The summed E-state index contributed by atoms with van der Waals surface area (Å²) >= 11 is 6.38. The molecule has 0 unspecified atom stereocenters. The molecular weight excluding hydrogens is 438 g/mol. The van der Waals surface area contributed by atoms with Crippen LogP contribution in [0.3, 0.4) is 0 Å². The van der Waals surface area contributed by atoms with Gasteiger partial charge in [0, 0.05) is 31.7 Å². The summed E-state index contributed by atoms with van der Waals surface area (Å²) in [6.07, 6.45) is 2.04. The van der Waals surface area contributed by atoms with E-state index in [2.05, 4.69) is 0 Å². The largest absolute Gasteiger partial charge is 0.437 e. The number of nitrogens with zero attached hydrogens (tertiary/aromatic N) is 3. The molecule has 2 heterocycles. The Hall–Kier alpha value is -2.83. The molecule has 1 aliphatic heterocycles. The SMILES string of the molecule is CC(C)C(=O)N(Cc1c(-c2ccccc2)nn(C)c1Oc1ccccc1Cl)C[C@@H]1CCCO1. The van der Waals surface area contributed by atoms with Crippen molar-refractivity contribution >= 4 is 17.5 Å². The van der Waals surface area contributed by atoms with Gasteiger partial charge in [-0.1, -0.05) is 67.9 Å². The lowest BCUT2D eigenvalue weighted by atomic mass is 10.1. The van der Waals surface area contributed by atoms with Gasteiger partial charge in [0.2, 0.25) is 11.8 Å². The number of aryl methyl sites for hydroxylation is 1. The summed E-state index contributed by atoms with van der Waals surface area (Å²) in [6.45, 7) is 5.51. The van der Waals surface area contributed by atoms with Crippen LogP contribution in [0.1, 0.15) is 32.3 Å². The van der Waals surface area contributed by atoms with Gasteiger partial charge in [0.15, 0.2) is 0 Å². The highest BCUT2D eigenvalue weighted by Crippen LogP contribution is 2.36. The highest BCUT2D eigenvalue weighted by molar-refractivity contribution is 6.32. The molecule has 0 aliphatic carbocycles. The Labute approximate surface area is 200 Å². The van der Waals surface area contributed by atoms with Gasteiger partial charge >= 0.3 is 0 Å². The number of hydrogen-bond donors (Lipinski definition) is 0. The lowest BCUT2D eigenvalue weighted by Crippen LogP contribution is -2.39. The number of carbonyl (C=O) groups is 1. The third kappa shape index (κ3) is 5.40. The fraction of sp³-hybridized carbons (Fsp3) is 0.385. The summed E-state index contributed by atoms with van der Waals surface area (Å²) in [7, 11) is 1.84. The van der Waals surface area contributed by atoms with Crippen LogP contribution < -0.4 is 4.74 Å². The topological polar surface area (TPSA) is 56.6 Å². The zero-order valence-corrected chi connectivity index (χ0v) is 20.1. The van der Waals surface area contributed by atoms with Crippen molar-refractivity contribution in [1.82, 2.24) is 14.7 Å². The van der Waals surface area contributed by atoms with Crippen molar-refractivity contribution in [2.75, 3.05) is 13.2 Å². The van der Waals surface area contributed by atoms with Crippen molar-refractivity contribution in [2.45, 2.75) is 39.3 Å².